The van der Waals surface area contributed by atoms with Gasteiger partial charge in [0.1, 0.15) is 11.4 Å². The zero-order chi connectivity index (χ0) is 32.0. The first kappa shape index (κ1) is 32.2. The summed E-state index contributed by atoms with van der Waals surface area (Å²) in [5, 5.41) is 2.49. The Morgan fingerprint density at radius 3 is 2.52 bits per heavy atom. The van der Waals surface area contributed by atoms with Crippen LogP contribution in [-0.2, 0) is 38.4 Å². The molecule has 44 heavy (non-hydrogen) atoms. The fourth-order valence-electron chi connectivity index (χ4n) is 4.91. The van der Waals surface area contributed by atoms with Crippen LogP contribution in [0.1, 0.15) is 63.4 Å². The number of ketones is 1. The maximum Gasteiger partial charge on any atom is 0.420 e. The Kier molecular flexibility index (Phi) is 10.0. The van der Waals surface area contributed by atoms with E-state index in [9.17, 15) is 24.0 Å². The number of allylic oxidation sites excluding steroid dienone is 1. The van der Waals surface area contributed by atoms with Gasteiger partial charge >= 0.3 is 12.2 Å². The number of carbonyl (C=O) groups is 4. The number of fused-ring (bicyclic) bond motifs is 1. The molecule has 0 radical (unpaired) electrons. The number of benzene rings is 1. The number of primary amides is 1. The second-order valence-electron chi connectivity index (χ2n) is 12.0. The molecular weight excluding hydrogens is 566 g/mol. The lowest BCUT2D eigenvalue weighted by Gasteiger charge is -2.20. The fourth-order valence-corrected chi connectivity index (χ4v) is 4.91. The molecule has 2 aromatic heterocycles. The highest BCUT2D eigenvalue weighted by molar-refractivity contribution is 5.90. The molecule has 12 heteroatoms. The number of alkyl carbamates (subject to hydrolysis) is 1. The minimum Gasteiger partial charge on any atom is -0.453 e. The third-order valence-electron chi connectivity index (χ3n) is 7.17. The van der Waals surface area contributed by atoms with E-state index in [4.69, 9.17) is 15.5 Å². The average molecular weight is 606 g/mol. The van der Waals surface area contributed by atoms with Gasteiger partial charge in [0, 0.05) is 18.2 Å². The molecule has 3 N–H and O–H groups in total. The number of carbonyl (C=O) groups excluding carboxylic acids is 4. The summed E-state index contributed by atoms with van der Waals surface area (Å²) in [6.07, 6.45) is 6.23. The van der Waals surface area contributed by atoms with Crippen molar-refractivity contribution < 1.29 is 28.7 Å². The number of amides is 2. The summed E-state index contributed by atoms with van der Waals surface area (Å²) in [6, 6.07) is 7.95. The van der Waals surface area contributed by atoms with Gasteiger partial charge in [0.2, 0.25) is 5.91 Å². The van der Waals surface area contributed by atoms with E-state index in [1.165, 1.54) is 28.4 Å². The van der Waals surface area contributed by atoms with E-state index in [1.807, 2.05) is 18.2 Å². The zero-order valence-electron chi connectivity index (χ0n) is 25.5. The number of ether oxygens (including phenoxy) is 2. The van der Waals surface area contributed by atoms with Gasteiger partial charge < -0.3 is 25.1 Å². The predicted octanol–water partition coefficient (Wildman–Crippen LogP) is 3.64. The molecule has 4 rings (SSSR count). The summed E-state index contributed by atoms with van der Waals surface area (Å²) in [5.74, 6) is -0.111. The molecule has 2 heterocycles. The van der Waals surface area contributed by atoms with Gasteiger partial charge in [0.25, 0.3) is 5.56 Å². The van der Waals surface area contributed by atoms with E-state index in [-0.39, 0.29) is 31.4 Å². The molecule has 1 saturated carbocycles. The zero-order valence-corrected chi connectivity index (χ0v) is 25.5. The third kappa shape index (κ3) is 8.42. The van der Waals surface area contributed by atoms with E-state index in [1.54, 1.807) is 39.1 Å². The highest BCUT2D eigenvalue weighted by atomic mass is 16.6. The van der Waals surface area contributed by atoms with Crippen molar-refractivity contribution in [2.45, 2.75) is 77.5 Å². The summed E-state index contributed by atoms with van der Waals surface area (Å²) in [7, 11) is 1.18. The summed E-state index contributed by atoms with van der Waals surface area (Å²) in [4.78, 5) is 67.9. The number of nitrogens with two attached hydrogens (primary N) is 1. The van der Waals surface area contributed by atoms with Crippen LogP contribution in [0.3, 0.4) is 0 Å². The Bertz CT molecular complexity index is 1640. The van der Waals surface area contributed by atoms with E-state index in [0.717, 1.165) is 24.8 Å². The molecule has 12 nitrogen and oxygen atoms in total. The van der Waals surface area contributed by atoms with Crippen LogP contribution >= 0.6 is 0 Å². The highest BCUT2D eigenvalue weighted by Crippen LogP contribution is 2.34. The largest absolute Gasteiger partial charge is 0.453 e. The fraction of sp³-hybridized carbons (Fsp3) is 0.438. The van der Waals surface area contributed by atoms with Gasteiger partial charge in [0.05, 0.1) is 30.7 Å². The van der Waals surface area contributed by atoms with Crippen molar-refractivity contribution in [3.63, 3.8) is 0 Å². The number of hydrogen-bond donors (Lipinski definition) is 2. The van der Waals surface area contributed by atoms with Crippen molar-refractivity contribution in [2.24, 2.45) is 11.7 Å². The number of methoxy groups -OCH3 is 1. The van der Waals surface area contributed by atoms with Gasteiger partial charge in [0.15, 0.2) is 5.78 Å². The number of nitrogens with zero attached hydrogens (tertiary/aromatic N) is 3. The second-order valence-corrected chi connectivity index (χ2v) is 12.0. The molecule has 0 unspecified atom stereocenters. The van der Waals surface area contributed by atoms with Crippen LogP contribution in [0.5, 0.6) is 0 Å². The number of nitrogens with one attached hydrogen (secondary N) is 1. The minimum atomic E-state index is -0.964. The lowest BCUT2D eigenvalue weighted by Crippen LogP contribution is -2.42. The van der Waals surface area contributed by atoms with E-state index in [0.29, 0.717) is 22.8 Å². The van der Waals surface area contributed by atoms with Crippen molar-refractivity contribution in [2.75, 3.05) is 7.11 Å². The molecule has 3 aromatic rings. The lowest BCUT2D eigenvalue weighted by atomic mass is 10.0. The van der Waals surface area contributed by atoms with Gasteiger partial charge in [-0.15, -0.1) is 0 Å². The number of para-hydroxylation sites is 1. The molecule has 1 aliphatic carbocycles. The molecule has 1 atom stereocenters. The first-order valence-corrected chi connectivity index (χ1v) is 14.6. The predicted molar refractivity (Wildman–Crippen MR) is 163 cm³/mol. The van der Waals surface area contributed by atoms with Gasteiger partial charge in [-0.25, -0.2) is 19.1 Å². The van der Waals surface area contributed by atoms with Crippen LogP contribution in [0.2, 0.25) is 0 Å². The van der Waals surface area contributed by atoms with Gasteiger partial charge in [-0.1, -0.05) is 24.3 Å². The molecular formula is C32H39N5O7. The molecule has 0 bridgehead atoms. The Labute approximate surface area is 255 Å². The van der Waals surface area contributed by atoms with Gasteiger partial charge in [-0.3, -0.25) is 14.4 Å². The normalized spacial score (nSPS) is 14.0. The van der Waals surface area contributed by atoms with Crippen molar-refractivity contribution in [1.29, 1.82) is 0 Å². The van der Waals surface area contributed by atoms with Crippen LogP contribution < -0.4 is 16.6 Å². The Balaban J connectivity index is 1.63. The number of Topliss-reactive ketones (excluding diaryl/α,β-unsaturated/α-hetero) is 1. The quantitative estimate of drug-likeness (QED) is 0.295. The van der Waals surface area contributed by atoms with E-state index < -0.39 is 41.1 Å². The van der Waals surface area contributed by atoms with E-state index in [2.05, 4.69) is 10.1 Å². The minimum absolute atomic E-state index is 0.0423. The molecule has 0 spiro atoms. The molecule has 1 aromatic carbocycles. The van der Waals surface area contributed by atoms with Crippen LogP contribution in [-0.4, -0.2) is 56.7 Å². The molecule has 1 aliphatic rings. The maximum absolute atomic E-state index is 13.6. The highest BCUT2D eigenvalue weighted by Gasteiger charge is 2.28. The van der Waals surface area contributed by atoms with Crippen molar-refractivity contribution in [1.82, 2.24) is 19.4 Å². The number of hydrogen-bond acceptors (Lipinski definition) is 8. The van der Waals surface area contributed by atoms with Gasteiger partial charge in [-0.05, 0) is 82.6 Å². The summed E-state index contributed by atoms with van der Waals surface area (Å²) in [5.41, 5.74) is 6.47. The van der Waals surface area contributed by atoms with Crippen LogP contribution in [0.4, 0.5) is 9.59 Å². The molecule has 0 saturated heterocycles. The number of aromatic nitrogens is 3. The second kappa shape index (κ2) is 13.7. The summed E-state index contributed by atoms with van der Waals surface area (Å²) >= 11 is 0. The molecule has 1 fully saturated rings. The Hall–Kier alpha value is -4.74. The number of imidazole rings is 1. The summed E-state index contributed by atoms with van der Waals surface area (Å²) < 4.78 is 13.2. The SMILES string of the molecule is COC(=O)N[C@@H](CC/C=C/C(N)=O)C(=O)Cc1cccn(Cc2nc3c(CC4CC4)cccc3n2C(=O)OC(C)(C)C)c1=O. The standard InChI is InChI=1S/C32H39N5O7/c1-32(2,3)44-31(42)37-24-12-7-9-21(17-20-14-15-20)28(24)35-27(37)19-36-16-8-10-22(29(36)40)18-25(38)23(34-30(41)43-4)11-5-6-13-26(33)39/h6-10,12-13,16,20,23H,5,11,14-15,17-19H2,1-4H3,(H2,33,39)(H,34,41)/b13-6+/t23-/m0/s1. The third-order valence-corrected chi connectivity index (χ3v) is 7.17. The number of pyridine rings is 1. The van der Waals surface area contributed by atoms with Crippen LogP contribution in [0.25, 0.3) is 11.0 Å². The topological polar surface area (TPSA) is 165 Å². The smallest absolute Gasteiger partial charge is 0.420 e. The monoisotopic (exact) mass is 605 g/mol. The summed E-state index contributed by atoms with van der Waals surface area (Å²) in [6.45, 7) is 5.30. The van der Waals surface area contributed by atoms with E-state index >= 15 is 0 Å². The Morgan fingerprint density at radius 1 is 1.14 bits per heavy atom. The lowest BCUT2D eigenvalue weighted by molar-refractivity contribution is -0.120. The number of rotatable bonds is 12. The van der Waals surface area contributed by atoms with Gasteiger partial charge in [-0.2, -0.15) is 0 Å². The van der Waals surface area contributed by atoms with Crippen molar-refractivity contribution in [3.8, 4) is 0 Å². The Morgan fingerprint density at radius 2 is 1.86 bits per heavy atom. The maximum atomic E-state index is 13.6. The van der Waals surface area contributed by atoms with Crippen molar-refractivity contribution >= 4 is 34.9 Å². The van der Waals surface area contributed by atoms with Crippen LogP contribution in [0.15, 0.2) is 53.5 Å². The van der Waals surface area contributed by atoms with Crippen molar-refractivity contribution in [3.05, 3.63) is 76.0 Å². The molecule has 2 amide bonds. The van der Waals surface area contributed by atoms with Crippen LogP contribution in [0, 0.1) is 5.92 Å². The average Bonchev–Trinajstić information content (AvgIpc) is 3.68. The first-order chi connectivity index (χ1) is 20.9. The molecule has 234 valence electrons. The molecule has 0 aliphatic heterocycles. The first-order valence-electron chi connectivity index (χ1n) is 14.6.